The van der Waals surface area contributed by atoms with Gasteiger partial charge in [0.15, 0.2) is 5.78 Å². The number of halogens is 3. The summed E-state index contributed by atoms with van der Waals surface area (Å²) in [5.74, 6) is -1.37. The van der Waals surface area contributed by atoms with Crippen LogP contribution in [0.4, 0.5) is 4.39 Å². The average Bonchev–Trinajstić information content (AvgIpc) is 2.00. The summed E-state index contributed by atoms with van der Waals surface area (Å²) in [6.45, 7) is 1.22. The Labute approximate surface area is 103 Å². The van der Waals surface area contributed by atoms with E-state index in [4.69, 9.17) is 11.6 Å². The van der Waals surface area contributed by atoms with Crippen molar-refractivity contribution in [3.8, 4) is 0 Å². The number of benzene rings is 1. The molecule has 15 heavy (non-hydrogen) atoms. The predicted octanol–water partition coefficient (Wildman–Crippen LogP) is 2.81. The molecular weight excluding hydrogens is 358 g/mol. The van der Waals surface area contributed by atoms with E-state index in [1.54, 1.807) is 0 Å². The molecule has 0 heterocycles. The number of carbonyl (C=O) groups is 1. The van der Waals surface area contributed by atoms with Crippen LogP contribution in [0.1, 0.15) is 17.3 Å². The van der Waals surface area contributed by atoms with Crippen molar-refractivity contribution in [2.45, 2.75) is 11.8 Å². The van der Waals surface area contributed by atoms with E-state index in [9.17, 15) is 17.6 Å². The van der Waals surface area contributed by atoms with Crippen molar-refractivity contribution in [1.29, 1.82) is 0 Å². The molecule has 0 saturated heterocycles. The summed E-state index contributed by atoms with van der Waals surface area (Å²) < 4.78 is 35.5. The van der Waals surface area contributed by atoms with Crippen LogP contribution in [0.2, 0.25) is 5.02 Å². The van der Waals surface area contributed by atoms with Gasteiger partial charge >= 0.3 is 0 Å². The zero-order chi connectivity index (χ0) is 11.8. The van der Waals surface area contributed by atoms with Crippen LogP contribution < -0.4 is 0 Å². The number of rotatable bonds is 2. The number of hydrogen-bond donors (Lipinski definition) is 0. The molecule has 7 heteroatoms. The second-order valence-corrected chi connectivity index (χ2v) is 7.96. The third kappa shape index (κ3) is 2.88. The fourth-order valence-electron chi connectivity index (χ4n) is 0.986. The van der Waals surface area contributed by atoms with Crippen molar-refractivity contribution >= 4 is 45.6 Å². The van der Waals surface area contributed by atoms with Crippen molar-refractivity contribution in [2.75, 3.05) is 0 Å². The zero-order valence-electron chi connectivity index (χ0n) is 7.42. The fourth-order valence-corrected chi connectivity index (χ4v) is 2.83. The molecule has 0 fully saturated rings. The van der Waals surface area contributed by atoms with E-state index in [1.165, 1.54) is 6.92 Å². The topological polar surface area (TPSA) is 51.2 Å². The summed E-state index contributed by atoms with van der Waals surface area (Å²) in [5, 5.41) is -0.0937. The Morgan fingerprint density at radius 2 is 2.00 bits per heavy atom. The molecule has 0 unspecified atom stereocenters. The van der Waals surface area contributed by atoms with Crippen molar-refractivity contribution in [3.63, 3.8) is 0 Å². The van der Waals surface area contributed by atoms with Crippen molar-refractivity contribution < 1.29 is 17.6 Å². The second kappa shape index (κ2) is 4.34. The Hall–Kier alpha value is -0.210. The highest BCUT2D eigenvalue weighted by Gasteiger charge is 2.19. The van der Waals surface area contributed by atoms with Crippen LogP contribution in [0.3, 0.4) is 0 Å². The van der Waals surface area contributed by atoms with Crippen molar-refractivity contribution in [1.82, 2.24) is 0 Å². The molecule has 1 aromatic rings. The number of Topliss-reactive ketones (excluding diaryl/α,β-unsaturated/α-hetero) is 1. The minimum absolute atomic E-state index is 0.00620. The Bertz CT molecular complexity index is 527. The Kier molecular flexibility index (Phi) is 3.72. The van der Waals surface area contributed by atoms with Crippen molar-refractivity contribution in [2.24, 2.45) is 0 Å². The first kappa shape index (κ1) is 12.9. The smallest absolute Gasteiger partial charge is 0.234 e. The van der Waals surface area contributed by atoms with Gasteiger partial charge in [0.2, 0.25) is 7.01 Å². The van der Waals surface area contributed by atoms with Crippen LogP contribution in [0, 0.1) is 5.82 Å². The summed E-state index contributed by atoms with van der Waals surface area (Å²) in [6, 6.07) is 1.77. The first-order valence-electron chi connectivity index (χ1n) is 3.68. The van der Waals surface area contributed by atoms with E-state index < -0.39 is 23.5 Å². The molecule has 1 rings (SSSR count). The standard InChI is InChI=1S/C8H5ClFIO3S/c1-4(12)5-2-8(15(11,13)14)7(10)3-6(5)9/h2-3H,1H3. The maximum absolute atomic E-state index is 13.2. The third-order valence-corrected chi connectivity index (χ3v) is 4.24. The van der Waals surface area contributed by atoms with E-state index in [2.05, 4.69) is 0 Å². The lowest BCUT2D eigenvalue weighted by Crippen LogP contribution is -2.01. The SMILES string of the molecule is CC(=O)c1cc(S(=O)(=O)I)c(F)cc1Cl. The molecule has 0 aliphatic heterocycles. The van der Waals surface area contributed by atoms with Gasteiger partial charge in [0.25, 0.3) is 0 Å². The summed E-state index contributed by atoms with van der Waals surface area (Å²) in [4.78, 5) is 10.5. The average molecular weight is 363 g/mol. The summed E-state index contributed by atoms with van der Waals surface area (Å²) in [6.07, 6.45) is 0. The molecule has 0 saturated carbocycles. The summed E-state index contributed by atoms with van der Waals surface area (Å²) >= 11 is 6.69. The second-order valence-electron chi connectivity index (χ2n) is 2.76. The first-order valence-corrected chi connectivity index (χ1v) is 8.08. The van der Waals surface area contributed by atoms with E-state index >= 15 is 0 Å². The maximum atomic E-state index is 13.2. The molecule has 82 valence electrons. The monoisotopic (exact) mass is 362 g/mol. The molecule has 0 aliphatic rings. The van der Waals surface area contributed by atoms with Gasteiger partial charge in [0.1, 0.15) is 10.7 Å². The Balaban J connectivity index is 3.58. The predicted molar refractivity (Wildman–Crippen MR) is 62.6 cm³/mol. The fraction of sp³-hybridized carbons (Fsp3) is 0.125. The molecule has 0 N–H and O–H groups in total. The summed E-state index contributed by atoms with van der Waals surface area (Å²) in [7, 11) is -3.72. The number of hydrogen-bond acceptors (Lipinski definition) is 3. The molecular formula is C8H5ClFIO3S. The van der Waals surface area contributed by atoms with Gasteiger partial charge in [-0.3, -0.25) is 4.79 Å². The highest BCUT2D eigenvalue weighted by molar-refractivity contribution is 14.2. The third-order valence-electron chi connectivity index (χ3n) is 1.66. The molecule has 3 nitrogen and oxygen atoms in total. The zero-order valence-corrected chi connectivity index (χ0v) is 11.2. The molecule has 0 bridgehead atoms. The van der Waals surface area contributed by atoms with Gasteiger partial charge in [-0.05, 0) is 19.1 Å². The van der Waals surface area contributed by atoms with Gasteiger partial charge in [-0.1, -0.05) is 11.6 Å². The molecule has 0 amide bonds. The van der Waals surface area contributed by atoms with E-state index in [1.807, 2.05) is 0 Å². The molecule has 0 aromatic heterocycles. The minimum atomic E-state index is -3.72. The highest BCUT2D eigenvalue weighted by Crippen LogP contribution is 2.27. The number of carbonyl (C=O) groups excluding carboxylic acids is 1. The number of ketones is 1. The molecule has 0 aliphatic carbocycles. The molecule has 0 atom stereocenters. The highest BCUT2D eigenvalue weighted by atomic mass is 127. The van der Waals surface area contributed by atoms with Crippen LogP contribution in [-0.4, -0.2) is 14.2 Å². The lowest BCUT2D eigenvalue weighted by atomic mass is 10.1. The summed E-state index contributed by atoms with van der Waals surface area (Å²) in [5.41, 5.74) is -0.00620. The Morgan fingerprint density at radius 3 is 2.40 bits per heavy atom. The van der Waals surface area contributed by atoms with E-state index in [-0.39, 0.29) is 10.6 Å². The Morgan fingerprint density at radius 1 is 1.47 bits per heavy atom. The van der Waals surface area contributed by atoms with Gasteiger partial charge < -0.3 is 0 Å². The van der Waals surface area contributed by atoms with Crippen LogP contribution in [0.5, 0.6) is 0 Å². The van der Waals surface area contributed by atoms with Gasteiger partial charge in [-0.15, -0.1) is 0 Å². The van der Waals surface area contributed by atoms with E-state index in [0.717, 1.165) is 33.3 Å². The first-order chi connectivity index (χ1) is 6.73. The van der Waals surface area contributed by atoms with Crippen LogP contribution >= 0.6 is 32.8 Å². The van der Waals surface area contributed by atoms with Gasteiger partial charge in [-0.25, -0.2) is 12.8 Å². The molecule has 0 spiro atoms. The molecule has 1 aromatic carbocycles. The van der Waals surface area contributed by atoms with Crippen LogP contribution in [0.25, 0.3) is 0 Å². The van der Waals surface area contributed by atoms with Crippen molar-refractivity contribution in [3.05, 3.63) is 28.5 Å². The lowest BCUT2D eigenvalue weighted by Gasteiger charge is -2.04. The van der Waals surface area contributed by atoms with Crippen LogP contribution in [-0.2, 0) is 7.01 Å². The minimum Gasteiger partial charge on any atom is -0.294 e. The van der Waals surface area contributed by atoms with Gasteiger partial charge in [0.05, 0.1) is 26.2 Å². The quantitative estimate of drug-likeness (QED) is 0.462. The maximum Gasteiger partial charge on any atom is 0.234 e. The van der Waals surface area contributed by atoms with Crippen LogP contribution in [0.15, 0.2) is 17.0 Å². The molecule has 0 radical (unpaired) electrons. The van der Waals surface area contributed by atoms with E-state index in [0.29, 0.717) is 0 Å². The van der Waals surface area contributed by atoms with Gasteiger partial charge in [0, 0.05) is 5.56 Å². The normalized spacial score (nSPS) is 11.5. The largest absolute Gasteiger partial charge is 0.294 e. The lowest BCUT2D eigenvalue weighted by molar-refractivity contribution is 0.101. The van der Waals surface area contributed by atoms with Gasteiger partial charge in [-0.2, -0.15) is 0 Å².